The maximum Gasteiger partial charge on any atom is 0.288 e. The topological polar surface area (TPSA) is 102 Å². The molecule has 3 rings (SSSR count). The van der Waals surface area contributed by atoms with Crippen molar-refractivity contribution < 1.29 is 14.2 Å². The number of rotatable bonds is 7. The Hall–Kier alpha value is -3.52. The minimum atomic E-state index is -0.638. The zero-order chi connectivity index (χ0) is 20.1. The van der Waals surface area contributed by atoms with E-state index in [0.717, 1.165) is 11.6 Å². The molecular formula is C19H15ClN4O4. The first kappa shape index (κ1) is 19.2. The number of amides is 1. The Morgan fingerprint density at radius 3 is 2.71 bits per heavy atom. The Bertz CT molecular complexity index is 1020. The Labute approximate surface area is 165 Å². The lowest BCUT2D eigenvalue weighted by Crippen LogP contribution is -2.30. The smallest absolute Gasteiger partial charge is 0.288 e. The van der Waals surface area contributed by atoms with E-state index in [1.807, 2.05) is 30.3 Å². The van der Waals surface area contributed by atoms with Crippen LogP contribution in [0.3, 0.4) is 0 Å². The van der Waals surface area contributed by atoms with Crippen molar-refractivity contribution in [2.45, 2.75) is 6.54 Å². The van der Waals surface area contributed by atoms with E-state index < -0.39 is 10.8 Å². The highest BCUT2D eigenvalue weighted by Crippen LogP contribution is 2.26. The van der Waals surface area contributed by atoms with Gasteiger partial charge in [-0.15, -0.1) is 6.58 Å². The van der Waals surface area contributed by atoms with Crippen LogP contribution in [0, 0.1) is 10.1 Å². The van der Waals surface area contributed by atoms with Crippen molar-refractivity contribution in [2.75, 3.05) is 6.54 Å². The molecule has 1 heterocycles. The van der Waals surface area contributed by atoms with E-state index in [-0.39, 0.29) is 35.3 Å². The van der Waals surface area contributed by atoms with Crippen molar-refractivity contribution in [2.24, 2.45) is 0 Å². The molecule has 28 heavy (non-hydrogen) atoms. The van der Waals surface area contributed by atoms with Gasteiger partial charge in [0.25, 0.3) is 11.6 Å². The number of nitro benzene ring substituents is 1. The van der Waals surface area contributed by atoms with Crippen LogP contribution in [0.5, 0.6) is 0 Å². The van der Waals surface area contributed by atoms with Gasteiger partial charge in [-0.05, 0) is 12.1 Å². The third-order valence-corrected chi connectivity index (χ3v) is 4.17. The van der Waals surface area contributed by atoms with E-state index in [1.165, 1.54) is 23.1 Å². The summed E-state index contributed by atoms with van der Waals surface area (Å²) in [6, 6.07) is 13.2. The number of benzene rings is 2. The molecule has 0 aliphatic rings. The van der Waals surface area contributed by atoms with Crippen LogP contribution in [-0.4, -0.2) is 32.4 Å². The second-order valence-corrected chi connectivity index (χ2v) is 6.18. The molecule has 142 valence electrons. The largest absolute Gasteiger partial charge is 0.337 e. The molecule has 0 fully saturated rings. The van der Waals surface area contributed by atoms with Crippen molar-refractivity contribution in [3.63, 3.8) is 0 Å². The number of aromatic nitrogens is 2. The van der Waals surface area contributed by atoms with Gasteiger partial charge in [-0.25, -0.2) is 0 Å². The molecule has 2 aromatic carbocycles. The lowest BCUT2D eigenvalue weighted by atomic mass is 10.1. The Kier molecular flexibility index (Phi) is 5.81. The van der Waals surface area contributed by atoms with Crippen LogP contribution in [0.25, 0.3) is 11.4 Å². The molecular weight excluding hydrogens is 384 g/mol. The van der Waals surface area contributed by atoms with Gasteiger partial charge in [0.1, 0.15) is 11.6 Å². The number of halogens is 1. The van der Waals surface area contributed by atoms with E-state index >= 15 is 0 Å². The Morgan fingerprint density at radius 2 is 2.04 bits per heavy atom. The Balaban J connectivity index is 1.83. The summed E-state index contributed by atoms with van der Waals surface area (Å²) in [5.74, 6) is 0.195. The van der Waals surface area contributed by atoms with Gasteiger partial charge in [-0.3, -0.25) is 14.9 Å². The highest BCUT2D eigenvalue weighted by Gasteiger charge is 2.22. The van der Waals surface area contributed by atoms with E-state index in [2.05, 4.69) is 16.7 Å². The molecule has 0 saturated heterocycles. The van der Waals surface area contributed by atoms with Crippen LogP contribution < -0.4 is 0 Å². The number of nitro groups is 1. The lowest BCUT2D eigenvalue weighted by Gasteiger charge is -2.19. The molecule has 0 bridgehead atoms. The van der Waals surface area contributed by atoms with Gasteiger partial charge < -0.3 is 9.42 Å². The average molecular weight is 399 g/mol. The Morgan fingerprint density at radius 1 is 1.29 bits per heavy atom. The molecule has 0 unspecified atom stereocenters. The monoisotopic (exact) mass is 398 g/mol. The van der Waals surface area contributed by atoms with E-state index in [4.69, 9.17) is 16.1 Å². The summed E-state index contributed by atoms with van der Waals surface area (Å²) in [6.45, 7) is 3.86. The summed E-state index contributed by atoms with van der Waals surface area (Å²) in [5.41, 5.74) is 0.573. The van der Waals surface area contributed by atoms with Crippen LogP contribution in [0.2, 0.25) is 5.02 Å². The third kappa shape index (κ3) is 4.24. The van der Waals surface area contributed by atoms with Crippen LogP contribution >= 0.6 is 11.6 Å². The zero-order valence-electron chi connectivity index (χ0n) is 14.6. The summed E-state index contributed by atoms with van der Waals surface area (Å²) < 4.78 is 5.24. The normalized spacial score (nSPS) is 10.5. The van der Waals surface area contributed by atoms with Crippen LogP contribution in [0.4, 0.5) is 5.69 Å². The van der Waals surface area contributed by atoms with Gasteiger partial charge in [0.15, 0.2) is 0 Å². The molecule has 0 aliphatic carbocycles. The van der Waals surface area contributed by atoms with E-state index in [0.29, 0.717) is 5.82 Å². The minimum absolute atomic E-state index is 0.0289. The summed E-state index contributed by atoms with van der Waals surface area (Å²) in [4.78, 5) is 28.9. The maximum absolute atomic E-state index is 12.8. The number of nitrogens with zero attached hydrogens (tertiary/aromatic N) is 4. The first-order valence-electron chi connectivity index (χ1n) is 8.21. The summed E-state index contributed by atoms with van der Waals surface area (Å²) in [7, 11) is 0. The number of hydrogen-bond donors (Lipinski definition) is 0. The van der Waals surface area contributed by atoms with Crippen molar-refractivity contribution in [1.29, 1.82) is 0 Å². The molecule has 0 atom stereocenters. The summed E-state index contributed by atoms with van der Waals surface area (Å²) in [5, 5.41) is 15.0. The van der Waals surface area contributed by atoms with Crippen molar-refractivity contribution in [3.8, 4) is 11.4 Å². The average Bonchev–Trinajstić information content (AvgIpc) is 3.16. The molecule has 0 N–H and O–H groups in total. The molecule has 9 heteroatoms. The van der Waals surface area contributed by atoms with Gasteiger partial charge in [-0.1, -0.05) is 53.2 Å². The minimum Gasteiger partial charge on any atom is -0.337 e. The zero-order valence-corrected chi connectivity index (χ0v) is 15.4. The van der Waals surface area contributed by atoms with E-state index in [9.17, 15) is 14.9 Å². The van der Waals surface area contributed by atoms with E-state index in [1.54, 1.807) is 0 Å². The fourth-order valence-electron chi connectivity index (χ4n) is 2.53. The van der Waals surface area contributed by atoms with Gasteiger partial charge in [0.05, 0.1) is 4.92 Å². The first-order chi connectivity index (χ1) is 13.5. The van der Waals surface area contributed by atoms with Crippen LogP contribution in [0.1, 0.15) is 16.2 Å². The lowest BCUT2D eigenvalue weighted by molar-refractivity contribution is -0.384. The van der Waals surface area contributed by atoms with Crippen molar-refractivity contribution in [1.82, 2.24) is 15.0 Å². The second kappa shape index (κ2) is 8.45. The molecule has 0 aliphatic heterocycles. The molecule has 8 nitrogen and oxygen atoms in total. The number of carbonyl (C=O) groups excluding carboxylic acids is 1. The molecule has 1 aromatic heterocycles. The molecule has 0 radical (unpaired) electrons. The second-order valence-electron chi connectivity index (χ2n) is 5.78. The maximum atomic E-state index is 12.8. The third-order valence-electron chi connectivity index (χ3n) is 3.85. The van der Waals surface area contributed by atoms with Crippen molar-refractivity contribution >= 4 is 23.2 Å². The fraction of sp³-hybridized carbons (Fsp3) is 0.105. The summed E-state index contributed by atoms with van der Waals surface area (Å²) in [6.07, 6.45) is 1.54. The molecule has 0 spiro atoms. The highest BCUT2D eigenvalue weighted by atomic mass is 35.5. The predicted molar refractivity (Wildman–Crippen MR) is 103 cm³/mol. The fourth-order valence-corrected chi connectivity index (χ4v) is 2.72. The predicted octanol–water partition coefficient (Wildman–Crippen LogP) is 4.13. The quantitative estimate of drug-likeness (QED) is 0.337. The molecule has 3 aromatic rings. The molecule has 0 saturated carbocycles. The first-order valence-corrected chi connectivity index (χ1v) is 8.59. The number of carbonyl (C=O) groups is 1. The van der Waals surface area contributed by atoms with Gasteiger partial charge in [0, 0.05) is 23.7 Å². The molecule has 1 amide bonds. The van der Waals surface area contributed by atoms with Gasteiger partial charge in [0.2, 0.25) is 11.7 Å². The van der Waals surface area contributed by atoms with Gasteiger partial charge in [-0.2, -0.15) is 4.98 Å². The summed E-state index contributed by atoms with van der Waals surface area (Å²) >= 11 is 5.81. The van der Waals surface area contributed by atoms with Crippen LogP contribution in [0.15, 0.2) is 65.7 Å². The van der Waals surface area contributed by atoms with Crippen molar-refractivity contribution in [3.05, 3.63) is 87.8 Å². The highest BCUT2D eigenvalue weighted by molar-refractivity contribution is 6.32. The van der Waals surface area contributed by atoms with Gasteiger partial charge >= 0.3 is 0 Å². The standard InChI is InChI=1S/C19H15ClN4O4/c1-2-10-23(19(25)14-8-9-15(20)16(11-14)24(26)27)12-17-21-18(22-28-17)13-6-4-3-5-7-13/h2-9,11H,1,10,12H2. The number of hydrogen-bond acceptors (Lipinski definition) is 6. The van der Waals surface area contributed by atoms with Crippen LogP contribution in [-0.2, 0) is 6.54 Å². The SMILES string of the molecule is C=CCN(Cc1nc(-c2ccccc2)no1)C(=O)c1ccc(Cl)c([N+](=O)[O-])c1.